The second-order valence-electron chi connectivity index (χ2n) is 5.46. The maximum atomic E-state index is 11.9. The van der Waals surface area contributed by atoms with E-state index in [9.17, 15) is 4.79 Å². The molecule has 2 heterocycles. The van der Waals surface area contributed by atoms with Gasteiger partial charge >= 0.3 is 0 Å². The van der Waals surface area contributed by atoms with Crippen LogP contribution in [0.3, 0.4) is 0 Å². The summed E-state index contributed by atoms with van der Waals surface area (Å²) in [5, 5.41) is 8.58. The number of unbranched alkanes of at least 4 members (excludes halogenated alkanes) is 2. The van der Waals surface area contributed by atoms with Crippen LogP contribution >= 0.6 is 0 Å². The Balaban J connectivity index is 2.01. The molecule has 2 aromatic heterocycles. The molecule has 0 aliphatic rings. The number of aromatic nitrogens is 3. The summed E-state index contributed by atoms with van der Waals surface area (Å²) in [6.07, 6.45) is 8.29. The Bertz CT molecular complexity index is 676. The maximum absolute atomic E-state index is 11.9. The van der Waals surface area contributed by atoms with Crippen molar-refractivity contribution in [3.63, 3.8) is 0 Å². The topological polar surface area (TPSA) is 72.2 Å². The zero-order valence-electron chi connectivity index (χ0n) is 13.9. The molecular formula is C17H23N5O. The third-order valence-corrected chi connectivity index (χ3v) is 3.69. The minimum atomic E-state index is -0.278. The van der Waals surface area contributed by atoms with Gasteiger partial charge in [0.2, 0.25) is 0 Å². The molecular weight excluding hydrogens is 290 g/mol. The third kappa shape index (κ3) is 4.48. The molecule has 0 radical (unpaired) electrons. The van der Waals surface area contributed by atoms with Crippen LogP contribution in [0.4, 0.5) is 0 Å². The SMILES string of the molecule is CCCCCn1nc(C)c(C=NNC(=O)c2cccnc2)c1C. The molecule has 0 saturated heterocycles. The van der Waals surface area contributed by atoms with Gasteiger partial charge in [-0.15, -0.1) is 0 Å². The largest absolute Gasteiger partial charge is 0.272 e. The van der Waals surface area contributed by atoms with Gasteiger partial charge in [0.05, 0.1) is 17.5 Å². The summed E-state index contributed by atoms with van der Waals surface area (Å²) in [5.41, 5.74) is 5.93. The Morgan fingerprint density at radius 1 is 1.39 bits per heavy atom. The fraction of sp³-hybridized carbons (Fsp3) is 0.412. The first kappa shape index (κ1) is 16.9. The van der Waals surface area contributed by atoms with Gasteiger partial charge in [-0.25, -0.2) is 5.43 Å². The molecule has 0 fully saturated rings. The highest BCUT2D eigenvalue weighted by Gasteiger charge is 2.09. The quantitative estimate of drug-likeness (QED) is 0.485. The number of nitrogens with zero attached hydrogens (tertiary/aromatic N) is 4. The summed E-state index contributed by atoms with van der Waals surface area (Å²) in [5.74, 6) is -0.278. The van der Waals surface area contributed by atoms with E-state index < -0.39 is 0 Å². The van der Waals surface area contributed by atoms with Crippen LogP contribution in [0.2, 0.25) is 0 Å². The van der Waals surface area contributed by atoms with E-state index in [1.165, 1.54) is 19.0 Å². The molecule has 1 amide bonds. The number of hydrogen-bond donors (Lipinski definition) is 1. The molecule has 0 unspecified atom stereocenters. The Kier molecular flexibility index (Phi) is 6.02. The van der Waals surface area contributed by atoms with Crippen LogP contribution in [-0.2, 0) is 6.54 Å². The van der Waals surface area contributed by atoms with Crippen LogP contribution in [-0.4, -0.2) is 26.9 Å². The molecule has 0 atom stereocenters. The Morgan fingerprint density at radius 2 is 2.22 bits per heavy atom. The van der Waals surface area contributed by atoms with Crippen LogP contribution < -0.4 is 5.43 Å². The van der Waals surface area contributed by atoms with Crippen molar-refractivity contribution < 1.29 is 4.79 Å². The average molecular weight is 313 g/mol. The summed E-state index contributed by atoms with van der Waals surface area (Å²) >= 11 is 0. The Hall–Kier alpha value is -2.50. The van der Waals surface area contributed by atoms with E-state index in [4.69, 9.17) is 0 Å². The first-order valence-corrected chi connectivity index (χ1v) is 7.91. The van der Waals surface area contributed by atoms with Gasteiger partial charge in [-0.2, -0.15) is 10.2 Å². The Labute approximate surface area is 136 Å². The van der Waals surface area contributed by atoms with Crippen LogP contribution in [0.1, 0.15) is 53.5 Å². The highest BCUT2D eigenvalue weighted by Crippen LogP contribution is 2.12. The molecule has 0 saturated carbocycles. The normalized spacial score (nSPS) is 11.1. The van der Waals surface area contributed by atoms with Crippen LogP contribution in [0.25, 0.3) is 0 Å². The molecule has 122 valence electrons. The van der Waals surface area contributed by atoms with Crippen LogP contribution in [0, 0.1) is 13.8 Å². The summed E-state index contributed by atoms with van der Waals surface area (Å²) < 4.78 is 2.01. The zero-order valence-corrected chi connectivity index (χ0v) is 13.9. The van der Waals surface area contributed by atoms with E-state index in [1.54, 1.807) is 24.5 Å². The second kappa shape index (κ2) is 8.22. The van der Waals surface area contributed by atoms with E-state index in [-0.39, 0.29) is 5.91 Å². The lowest BCUT2D eigenvalue weighted by atomic mass is 10.2. The second-order valence-corrected chi connectivity index (χ2v) is 5.46. The number of carbonyl (C=O) groups excluding carboxylic acids is 1. The molecule has 23 heavy (non-hydrogen) atoms. The number of hydrogen-bond acceptors (Lipinski definition) is 4. The summed E-state index contributed by atoms with van der Waals surface area (Å²) in [4.78, 5) is 15.8. The maximum Gasteiger partial charge on any atom is 0.272 e. The van der Waals surface area contributed by atoms with E-state index in [1.807, 2.05) is 18.5 Å². The number of nitrogens with one attached hydrogen (secondary N) is 1. The number of rotatable bonds is 7. The molecule has 6 heteroatoms. The summed E-state index contributed by atoms with van der Waals surface area (Å²) in [6, 6.07) is 3.41. The predicted octanol–water partition coefficient (Wildman–Crippen LogP) is 2.85. The van der Waals surface area contributed by atoms with E-state index in [0.717, 1.165) is 29.9 Å². The molecule has 2 aromatic rings. The van der Waals surface area contributed by atoms with Crippen molar-refractivity contribution in [3.8, 4) is 0 Å². The van der Waals surface area contributed by atoms with Gasteiger partial charge in [-0.05, 0) is 32.4 Å². The van der Waals surface area contributed by atoms with Gasteiger partial charge in [-0.3, -0.25) is 14.5 Å². The minimum absolute atomic E-state index is 0.278. The third-order valence-electron chi connectivity index (χ3n) is 3.69. The van der Waals surface area contributed by atoms with E-state index in [0.29, 0.717) is 5.56 Å². The summed E-state index contributed by atoms with van der Waals surface area (Å²) in [7, 11) is 0. The fourth-order valence-electron chi connectivity index (χ4n) is 2.34. The lowest BCUT2D eigenvalue weighted by molar-refractivity contribution is 0.0955. The molecule has 0 aromatic carbocycles. The van der Waals surface area contributed by atoms with E-state index >= 15 is 0 Å². The number of pyridine rings is 1. The number of aryl methyl sites for hydroxylation is 2. The Morgan fingerprint density at radius 3 is 2.91 bits per heavy atom. The van der Waals surface area contributed by atoms with E-state index in [2.05, 4.69) is 27.5 Å². The van der Waals surface area contributed by atoms with Gasteiger partial charge in [0, 0.05) is 30.2 Å². The van der Waals surface area contributed by atoms with Crippen molar-refractivity contribution in [2.75, 3.05) is 0 Å². The molecule has 6 nitrogen and oxygen atoms in total. The van der Waals surface area contributed by atoms with Crippen molar-refractivity contribution in [1.29, 1.82) is 0 Å². The lowest BCUT2D eigenvalue weighted by Crippen LogP contribution is -2.17. The number of amides is 1. The molecule has 2 rings (SSSR count). The lowest BCUT2D eigenvalue weighted by Gasteiger charge is -2.03. The highest BCUT2D eigenvalue weighted by atomic mass is 16.2. The smallest absolute Gasteiger partial charge is 0.269 e. The molecule has 0 aliphatic heterocycles. The van der Waals surface area contributed by atoms with Crippen LogP contribution in [0.5, 0.6) is 0 Å². The zero-order chi connectivity index (χ0) is 16.7. The minimum Gasteiger partial charge on any atom is -0.269 e. The van der Waals surface area contributed by atoms with Gasteiger partial charge in [0.15, 0.2) is 0 Å². The van der Waals surface area contributed by atoms with Gasteiger partial charge in [0.1, 0.15) is 0 Å². The van der Waals surface area contributed by atoms with Crippen molar-refractivity contribution >= 4 is 12.1 Å². The first-order chi connectivity index (χ1) is 11.1. The predicted molar refractivity (Wildman–Crippen MR) is 90.5 cm³/mol. The molecule has 0 aliphatic carbocycles. The standard InChI is InChI=1S/C17H23N5O/c1-4-5-6-10-22-14(3)16(13(2)21-22)12-19-20-17(23)15-8-7-9-18-11-15/h7-9,11-12H,4-6,10H2,1-3H3,(H,20,23). The average Bonchev–Trinajstić information content (AvgIpc) is 2.83. The van der Waals surface area contributed by atoms with Crippen molar-refractivity contribution in [2.45, 2.75) is 46.6 Å². The van der Waals surface area contributed by atoms with Gasteiger partial charge < -0.3 is 0 Å². The fourth-order valence-corrected chi connectivity index (χ4v) is 2.34. The highest BCUT2D eigenvalue weighted by molar-refractivity contribution is 5.94. The molecule has 0 spiro atoms. The van der Waals surface area contributed by atoms with Crippen molar-refractivity contribution in [1.82, 2.24) is 20.2 Å². The van der Waals surface area contributed by atoms with Crippen molar-refractivity contribution in [3.05, 3.63) is 47.0 Å². The molecule has 1 N–H and O–H groups in total. The first-order valence-electron chi connectivity index (χ1n) is 7.91. The van der Waals surface area contributed by atoms with Gasteiger partial charge in [-0.1, -0.05) is 19.8 Å². The molecule has 0 bridgehead atoms. The monoisotopic (exact) mass is 313 g/mol. The van der Waals surface area contributed by atoms with Crippen LogP contribution in [0.15, 0.2) is 29.6 Å². The number of hydrazone groups is 1. The van der Waals surface area contributed by atoms with Gasteiger partial charge in [0.25, 0.3) is 5.91 Å². The number of carbonyl (C=O) groups is 1. The summed E-state index contributed by atoms with van der Waals surface area (Å²) in [6.45, 7) is 7.07. The van der Waals surface area contributed by atoms with Crippen molar-refractivity contribution in [2.24, 2.45) is 5.10 Å².